The molecule has 1 aromatic rings. The molecule has 1 aliphatic heterocycles. The van der Waals surface area contributed by atoms with Crippen LogP contribution < -0.4 is 16.0 Å². The van der Waals surface area contributed by atoms with Crippen molar-refractivity contribution in [1.29, 1.82) is 0 Å². The zero-order chi connectivity index (χ0) is 20.9. The molecule has 0 radical (unpaired) electrons. The number of rotatable bonds is 8. The molecule has 0 aliphatic carbocycles. The summed E-state index contributed by atoms with van der Waals surface area (Å²) in [6.45, 7) is -1.14. The lowest BCUT2D eigenvalue weighted by Gasteiger charge is -2.29. The lowest BCUT2D eigenvalue weighted by Crippen LogP contribution is -2.42. The number of halogens is 5. The van der Waals surface area contributed by atoms with Crippen LogP contribution in [0.4, 0.5) is 13.2 Å². The summed E-state index contributed by atoms with van der Waals surface area (Å²) >= 11 is 11.7. The van der Waals surface area contributed by atoms with Crippen LogP contribution in [0.5, 0.6) is 5.75 Å². The van der Waals surface area contributed by atoms with Crippen molar-refractivity contribution in [2.45, 2.75) is 18.4 Å². The van der Waals surface area contributed by atoms with Gasteiger partial charge in [-0.25, -0.2) is 4.79 Å². The molecule has 1 aliphatic rings. The monoisotopic (exact) mass is 447 g/mol. The van der Waals surface area contributed by atoms with Crippen molar-refractivity contribution in [2.75, 3.05) is 13.2 Å². The van der Waals surface area contributed by atoms with Crippen LogP contribution in [0.3, 0.4) is 0 Å². The van der Waals surface area contributed by atoms with Gasteiger partial charge in [0.15, 0.2) is 6.10 Å². The van der Waals surface area contributed by atoms with Crippen LogP contribution in [0.15, 0.2) is 17.7 Å². The normalized spacial score (nSPS) is 17.4. The Labute approximate surface area is 165 Å². The number of hydrogen-bond donors (Lipinski definition) is 3. The van der Waals surface area contributed by atoms with E-state index in [-0.39, 0.29) is 21.4 Å². The quantitative estimate of drug-likeness (QED) is 0.407. The van der Waals surface area contributed by atoms with Gasteiger partial charge < -0.3 is 19.5 Å². The summed E-state index contributed by atoms with van der Waals surface area (Å²) in [5.74, 6) is -1.72. The zero-order valence-electron chi connectivity index (χ0n) is 13.6. The maximum Gasteiger partial charge on any atom is 0.430 e. The van der Waals surface area contributed by atoms with Gasteiger partial charge >= 0.3 is 12.1 Å². The van der Waals surface area contributed by atoms with E-state index in [2.05, 4.69) is 9.68 Å². The van der Waals surface area contributed by atoms with Crippen molar-refractivity contribution >= 4 is 35.2 Å². The molecule has 0 amide bonds. The molecule has 156 valence electrons. The molecule has 0 fully saturated rings. The van der Waals surface area contributed by atoms with Gasteiger partial charge in [-0.15, -0.1) is 0 Å². The molecule has 1 heterocycles. The van der Waals surface area contributed by atoms with Crippen molar-refractivity contribution in [3.05, 3.63) is 38.5 Å². The van der Waals surface area contributed by atoms with Crippen molar-refractivity contribution < 1.29 is 42.3 Å². The predicted molar refractivity (Wildman–Crippen MR) is 88.1 cm³/mol. The number of fused-ring (bicyclic) bond motifs is 1. The van der Waals surface area contributed by atoms with Gasteiger partial charge in [0.1, 0.15) is 19.0 Å². The van der Waals surface area contributed by atoms with Crippen LogP contribution in [-0.2, 0) is 19.2 Å². The van der Waals surface area contributed by atoms with E-state index in [9.17, 15) is 23.2 Å². The molecule has 2 atom stereocenters. The Balaban J connectivity index is 2.34. The molecule has 0 spiro atoms. The first kappa shape index (κ1) is 22.6. The van der Waals surface area contributed by atoms with Gasteiger partial charge in [0.2, 0.25) is 6.10 Å². The molecule has 0 aromatic heterocycles. The molecule has 0 bridgehead atoms. The van der Waals surface area contributed by atoms with E-state index < -0.39 is 43.1 Å². The first-order chi connectivity index (χ1) is 13.2. The number of carbonyl (C=O) groups excluding carboxylic acids is 1. The van der Waals surface area contributed by atoms with Crippen LogP contribution in [0.1, 0.15) is 5.56 Å². The number of carbonyl (C=O) groups is 1. The van der Waals surface area contributed by atoms with Gasteiger partial charge in [0.25, 0.3) is 0 Å². The first-order valence-electron chi connectivity index (χ1n) is 7.32. The van der Waals surface area contributed by atoms with Gasteiger partial charge in [-0.3, -0.25) is 15.7 Å². The third-order valence-corrected chi connectivity index (χ3v) is 3.83. The summed E-state index contributed by atoms with van der Waals surface area (Å²) in [4.78, 5) is 21.0. The Hall–Kier alpha value is -1.64. The minimum Gasteiger partial charge on any atom is -0.765 e. The molecular weight excluding hydrogens is 436 g/mol. The van der Waals surface area contributed by atoms with Gasteiger partial charge in [0.05, 0.1) is 10.6 Å². The smallest absolute Gasteiger partial charge is 0.430 e. The van der Waals surface area contributed by atoms with Crippen molar-refractivity contribution in [3.8, 4) is 5.75 Å². The topological polar surface area (TPSA) is 121 Å². The fourth-order valence-electron chi connectivity index (χ4n) is 2.24. The average Bonchev–Trinajstić information content (AvgIpc) is 2.61. The summed E-state index contributed by atoms with van der Waals surface area (Å²) in [5.41, 5.74) is 1.49. The number of benzene rings is 1. The van der Waals surface area contributed by atoms with Gasteiger partial charge in [-0.05, 0) is 18.2 Å². The van der Waals surface area contributed by atoms with Crippen LogP contribution in [-0.4, -0.2) is 42.8 Å². The highest BCUT2D eigenvalue weighted by molar-refractivity contribution is 6.36. The summed E-state index contributed by atoms with van der Waals surface area (Å²) in [6.07, 6.45) is -8.11. The van der Waals surface area contributed by atoms with Crippen LogP contribution in [0.25, 0.3) is 6.08 Å². The zero-order valence-corrected chi connectivity index (χ0v) is 15.1. The summed E-state index contributed by atoms with van der Waals surface area (Å²) < 4.78 is 50.0. The molecule has 1 aromatic carbocycles. The Morgan fingerprint density at radius 2 is 2.00 bits per heavy atom. The lowest BCUT2D eigenvalue weighted by atomic mass is 10.0. The highest BCUT2D eigenvalue weighted by Crippen LogP contribution is 2.42. The fraction of sp³-hybridized carbons (Fsp3) is 0.357. The van der Waals surface area contributed by atoms with Gasteiger partial charge in [0, 0.05) is 10.6 Å². The predicted octanol–water partition coefficient (Wildman–Crippen LogP) is 2.54. The molecule has 0 saturated carbocycles. The maximum atomic E-state index is 13.4. The SMILES string of the molecule is O=C(OC(CON[O-])CONO)C1=Cc2cc(Cl)cc(Cl)c2O[C@@H]1C(F)(F)F. The Morgan fingerprint density at radius 1 is 1.32 bits per heavy atom. The van der Waals surface area contributed by atoms with Gasteiger partial charge in [-0.1, -0.05) is 28.8 Å². The molecule has 28 heavy (non-hydrogen) atoms. The average molecular weight is 448 g/mol. The van der Waals surface area contributed by atoms with E-state index in [0.29, 0.717) is 0 Å². The largest absolute Gasteiger partial charge is 0.765 e. The minimum atomic E-state index is -4.97. The van der Waals surface area contributed by atoms with Crippen molar-refractivity contribution in [3.63, 3.8) is 0 Å². The minimum absolute atomic E-state index is 0.0345. The second-order valence-electron chi connectivity index (χ2n) is 5.27. The van der Waals surface area contributed by atoms with Gasteiger partial charge in [-0.2, -0.15) is 13.2 Å². The molecule has 9 nitrogen and oxygen atoms in total. The Kier molecular flexibility index (Phi) is 7.86. The molecule has 3 N–H and O–H groups in total. The van der Waals surface area contributed by atoms with Crippen molar-refractivity contribution in [1.82, 2.24) is 11.3 Å². The standard InChI is InChI=1S/C14H12Cl2F3N2O7/c15-7-1-6-2-9(12(14(17,18)19)28-11(6)10(16)3-7)13(22)27-8(4-25-20-23)5-26-21-24/h1-3,8,12,20-21,23H,4-5H2/q-1/t8?,12-/m0/s1. The number of alkyl halides is 3. The number of esters is 1. The fourth-order valence-corrected chi connectivity index (χ4v) is 2.79. The molecular formula is C14H12Cl2F3N2O7-. The second-order valence-corrected chi connectivity index (χ2v) is 6.11. The van der Waals surface area contributed by atoms with E-state index in [0.717, 1.165) is 11.7 Å². The van der Waals surface area contributed by atoms with E-state index in [4.69, 9.17) is 37.9 Å². The number of hydrogen-bond acceptors (Lipinski definition) is 9. The van der Waals surface area contributed by atoms with Crippen LogP contribution in [0, 0.1) is 5.21 Å². The maximum absolute atomic E-state index is 13.4. The van der Waals surface area contributed by atoms with E-state index >= 15 is 0 Å². The van der Waals surface area contributed by atoms with Crippen LogP contribution in [0.2, 0.25) is 10.0 Å². The lowest BCUT2D eigenvalue weighted by molar-refractivity contribution is -0.193. The van der Waals surface area contributed by atoms with E-state index in [1.807, 2.05) is 0 Å². The number of ether oxygens (including phenoxy) is 2. The third kappa shape index (κ3) is 5.68. The summed E-state index contributed by atoms with van der Waals surface area (Å²) in [5, 5.41) is 18.5. The van der Waals surface area contributed by atoms with E-state index in [1.54, 1.807) is 0 Å². The highest BCUT2D eigenvalue weighted by atomic mass is 35.5. The van der Waals surface area contributed by atoms with Crippen molar-refractivity contribution in [2.24, 2.45) is 0 Å². The second kappa shape index (κ2) is 9.71. The number of nitrogens with one attached hydrogen (secondary N) is 2. The summed E-state index contributed by atoms with van der Waals surface area (Å²) in [6, 6.07) is 2.44. The van der Waals surface area contributed by atoms with E-state index in [1.165, 1.54) is 17.8 Å². The summed E-state index contributed by atoms with van der Waals surface area (Å²) in [7, 11) is 0. The molecule has 1 unspecified atom stereocenters. The molecule has 0 saturated heterocycles. The Morgan fingerprint density at radius 3 is 2.61 bits per heavy atom. The van der Waals surface area contributed by atoms with Crippen LogP contribution >= 0.6 is 23.2 Å². The highest BCUT2D eigenvalue weighted by Gasteiger charge is 2.49. The first-order valence-corrected chi connectivity index (χ1v) is 8.07. The Bertz CT molecular complexity index is 740. The molecule has 14 heteroatoms. The third-order valence-electron chi connectivity index (χ3n) is 3.33. The molecule has 2 rings (SSSR count).